The molecule has 0 radical (unpaired) electrons. The summed E-state index contributed by atoms with van der Waals surface area (Å²) in [6.07, 6.45) is 7.10. The molecule has 0 spiro atoms. The molecule has 2 unspecified atom stereocenters. The van der Waals surface area contributed by atoms with Crippen molar-refractivity contribution < 1.29 is 0 Å². The highest BCUT2D eigenvalue weighted by Gasteiger charge is 2.31. The van der Waals surface area contributed by atoms with E-state index in [-0.39, 0.29) is 0 Å². The molecule has 2 atom stereocenters. The lowest BCUT2D eigenvalue weighted by Crippen LogP contribution is -2.35. The lowest BCUT2D eigenvalue weighted by atomic mass is 9.70. The molecule has 0 aliphatic heterocycles. The molecule has 1 aromatic carbocycles. The molecule has 0 saturated heterocycles. The first kappa shape index (κ1) is 14.1. The molecule has 4 nitrogen and oxygen atoms in total. The maximum atomic E-state index is 4.15. The maximum absolute atomic E-state index is 4.15. The fourth-order valence-corrected chi connectivity index (χ4v) is 3.74. The van der Waals surface area contributed by atoms with E-state index >= 15 is 0 Å². The van der Waals surface area contributed by atoms with E-state index < -0.39 is 0 Å². The molecule has 1 fully saturated rings. The third-order valence-corrected chi connectivity index (χ3v) is 4.31. The Kier molecular flexibility index (Phi) is 3.70. The van der Waals surface area contributed by atoms with Crippen LogP contribution in [0.2, 0.25) is 0 Å². The molecule has 112 valence electrons. The molecule has 1 heterocycles. The topological polar surface area (TPSA) is 42.7 Å². The van der Waals surface area contributed by atoms with Crippen LogP contribution >= 0.6 is 0 Å². The zero-order valence-electron chi connectivity index (χ0n) is 13.1. The monoisotopic (exact) mass is 284 g/mol. The van der Waals surface area contributed by atoms with Crippen molar-refractivity contribution in [2.45, 2.75) is 46.1 Å². The molecule has 0 bridgehead atoms. The van der Waals surface area contributed by atoms with Crippen LogP contribution in [0.1, 0.15) is 40.0 Å². The Bertz CT molecular complexity index is 571. The lowest BCUT2D eigenvalue weighted by Gasteiger charge is -2.39. The zero-order chi connectivity index (χ0) is 14.9. The number of aromatic nitrogens is 3. The molecule has 1 N–H and O–H groups in total. The first-order valence-corrected chi connectivity index (χ1v) is 7.73. The summed E-state index contributed by atoms with van der Waals surface area (Å²) in [4.78, 5) is 3.98. The summed E-state index contributed by atoms with van der Waals surface area (Å²) in [5.41, 5.74) is 2.67. The normalized spacial score (nSPS) is 24.7. The van der Waals surface area contributed by atoms with E-state index in [1.807, 2.05) is 0 Å². The summed E-state index contributed by atoms with van der Waals surface area (Å²) >= 11 is 0. The minimum atomic E-state index is 0.440. The number of hydrogen-bond acceptors (Lipinski definition) is 3. The molecule has 1 saturated carbocycles. The zero-order valence-corrected chi connectivity index (χ0v) is 13.1. The summed E-state index contributed by atoms with van der Waals surface area (Å²) in [5.74, 6) is 0.792. The van der Waals surface area contributed by atoms with Crippen molar-refractivity contribution in [2.24, 2.45) is 11.3 Å². The molecule has 1 aliphatic carbocycles. The second-order valence-electron chi connectivity index (χ2n) is 7.14. The van der Waals surface area contributed by atoms with E-state index in [1.54, 1.807) is 17.3 Å². The van der Waals surface area contributed by atoms with Gasteiger partial charge in [-0.1, -0.05) is 20.8 Å². The second-order valence-corrected chi connectivity index (χ2v) is 7.14. The summed E-state index contributed by atoms with van der Waals surface area (Å²) in [6.45, 7) is 7.12. The van der Waals surface area contributed by atoms with E-state index in [2.05, 4.69) is 60.4 Å². The van der Waals surface area contributed by atoms with Crippen molar-refractivity contribution in [1.82, 2.24) is 14.8 Å². The summed E-state index contributed by atoms with van der Waals surface area (Å²) in [5, 5.41) is 7.84. The number of rotatable bonds is 3. The average molecular weight is 284 g/mol. The van der Waals surface area contributed by atoms with Crippen LogP contribution in [-0.2, 0) is 0 Å². The van der Waals surface area contributed by atoms with Crippen molar-refractivity contribution in [3.63, 3.8) is 0 Å². The predicted octanol–water partition coefficient (Wildman–Crippen LogP) is 3.89. The van der Waals surface area contributed by atoms with Crippen molar-refractivity contribution in [1.29, 1.82) is 0 Å². The smallest absolute Gasteiger partial charge is 0.138 e. The summed E-state index contributed by atoms with van der Waals surface area (Å²) in [7, 11) is 0. The van der Waals surface area contributed by atoms with E-state index in [0.717, 1.165) is 11.6 Å². The second kappa shape index (κ2) is 5.51. The molecular weight excluding hydrogens is 260 g/mol. The van der Waals surface area contributed by atoms with Crippen LogP contribution in [0.25, 0.3) is 5.69 Å². The Morgan fingerprint density at radius 1 is 1.19 bits per heavy atom. The highest BCUT2D eigenvalue weighted by Crippen LogP contribution is 2.39. The fourth-order valence-electron chi connectivity index (χ4n) is 3.74. The number of hydrogen-bond donors (Lipinski definition) is 1. The predicted molar refractivity (Wildman–Crippen MR) is 85.6 cm³/mol. The van der Waals surface area contributed by atoms with Crippen LogP contribution in [0.4, 0.5) is 5.69 Å². The molecular formula is C17H24N4. The Hall–Kier alpha value is -1.84. The van der Waals surface area contributed by atoms with Crippen molar-refractivity contribution in [2.75, 3.05) is 5.32 Å². The number of benzene rings is 1. The molecule has 1 aliphatic rings. The van der Waals surface area contributed by atoms with Gasteiger partial charge in [-0.25, -0.2) is 9.67 Å². The highest BCUT2D eigenvalue weighted by molar-refractivity contribution is 5.49. The third kappa shape index (κ3) is 3.43. The van der Waals surface area contributed by atoms with Crippen LogP contribution < -0.4 is 5.32 Å². The van der Waals surface area contributed by atoms with Gasteiger partial charge in [0.1, 0.15) is 12.7 Å². The SMILES string of the molecule is CC1CC(Nc2ccc(-n3cncn3)cc2)CC(C)(C)C1. The van der Waals surface area contributed by atoms with Crippen molar-refractivity contribution >= 4 is 5.69 Å². The largest absolute Gasteiger partial charge is 0.382 e. The highest BCUT2D eigenvalue weighted by atomic mass is 15.3. The molecule has 1 aromatic heterocycles. The van der Waals surface area contributed by atoms with Gasteiger partial charge in [0.15, 0.2) is 0 Å². The maximum Gasteiger partial charge on any atom is 0.138 e. The van der Waals surface area contributed by atoms with Gasteiger partial charge in [-0.15, -0.1) is 0 Å². The Balaban J connectivity index is 1.68. The Labute approximate surface area is 126 Å². The summed E-state index contributed by atoms with van der Waals surface area (Å²) < 4.78 is 1.77. The minimum Gasteiger partial charge on any atom is -0.382 e. The average Bonchev–Trinajstić information content (AvgIpc) is 2.91. The quantitative estimate of drug-likeness (QED) is 0.929. The molecule has 21 heavy (non-hydrogen) atoms. The van der Waals surface area contributed by atoms with Gasteiger partial charge in [0.05, 0.1) is 5.69 Å². The first-order chi connectivity index (χ1) is 10.0. The van der Waals surface area contributed by atoms with Gasteiger partial charge in [-0.3, -0.25) is 0 Å². The molecule has 2 aromatic rings. The van der Waals surface area contributed by atoms with E-state index in [1.165, 1.54) is 24.9 Å². The van der Waals surface area contributed by atoms with E-state index in [4.69, 9.17) is 0 Å². The van der Waals surface area contributed by atoms with E-state index in [9.17, 15) is 0 Å². The minimum absolute atomic E-state index is 0.440. The number of nitrogens with one attached hydrogen (secondary N) is 1. The van der Waals surface area contributed by atoms with Crippen LogP contribution in [0, 0.1) is 11.3 Å². The van der Waals surface area contributed by atoms with Gasteiger partial charge < -0.3 is 5.32 Å². The van der Waals surface area contributed by atoms with E-state index in [0.29, 0.717) is 11.5 Å². The lowest BCUT2D eigenvalue weighted by molar-refractivity contribution is 0.178. The van der Waals surface area contributed by atoms with Crippen molar-refractivity contribution in [3.05, 3.63) is 36.9 Å². The van der Waals surface area contributed by atoms with Gasteiger partial charge in [-0.05, 0) is 54.9 Å². The van der Waals surface area contributed by atoms with Gasteiger partial charge in [0.2, 0.25) is 0 Å². The van der Waals surface area contributed by atoms with Crippen LogP contribution in [0.15, 0.2) is 36.9 Å². The number of anilines is 1. The third-order valence-electron chi connectivity index (χ3n) is 4.31. The Morgan fingerprint density at radius 2 is 1.95 bits per heavy atom. The Morgan fingerprint density at radius 3 is 2.57 bits per heavy atom. The molecule has 3 rings (SSSR count). The fraction of sp³-hybridized carbons (Fsp3) is 0.529. The van der Waals surface area contributed by atoms with Gasteiger partial charge in [0.25, 0.3) is 0 Å². The number of nitrogens with zero attached hydrogens (tertiary/aromatic N) is 3. The van der Waals surface area contributed by atoms with Gasteiger partial charge in [0, 0.05) is 11.7 Å². The molecule has 4 heteroatoms. The molecule has 0 amide bonds. The van der Waals surface area contributed by atoms with Gasteiger partial charge in [-0.2, -0.15) is 5.10 Å². The first-order valence-electron chi connectivity index (χ1n) is 7.73. The standard InChI is InChI=1S/C17H24N4/c1-13-8-15(10-17(2,3)9-13)20-14-4-6-16(7-5-14)21-12-18-11-19-21/h4-7,11-13,15,20H,8-10H2,1-3H3. The van der Waals surface area contributed by atoms with Crippen LogP contribution in [0.5, 0.6) is 0 Å². The van der Waals surface area contributed by atoms with Crippen LogP contribution in [0.3, 0.4) is 0 Å². The summed E-state index contributed by atoms with van der Waals surface area (Å²) in [6, 6.07) is 8.98. The van der Waals surface area contributed by atoms with Gasteiger partial charge >= 0.3 is 0 Å². The van der Waals surface area contributed by atoms with Crippen molar-refractivity contribution in [3.8, 4) is 5.69 Å². The van der Waals surface area contributed by atoms with Crippen LogP contribution in [-0.4, -0.2) is 20.8 Å².